The molecule has 46 heavy (non-hydrogen) atoms. The van der Waals surface area contributed by atoms with Gasteiger partial charge in [0.25, 0.3) is 0 Å². The number of benzene rings is 3. The largest absolute Gasteiger partial charge is 0.497 e. The van der Waals surface area contributed by atoms with E-state index in [1.54, 1.807) is 45.2 Å². The highest BCUT2D eigenvalue weighted by Gasteiger charge is 2.31. The summed E-state index contributed by atoms with van der Waals surface area (Å²) in [5.74, 6) is 0.974. The SMILES string of the molecule is COc1cc(C)c(S(=O)(=O)N(CCOCC(=O)NCC2CCC(C(c3cccc(F)c3)N(C)C)CC2)Cc2ccccc2)c(C)c1. The van der Waals surface area contributed by atoms with Gasteiger partial charge in [-0.1, -0.05) is 42.5 Å². The third kappa shape index (κ3) is 9.37. The van der Waals surface area contributed by atoms with Crippen LogP contribution in [0.25, 0.3) is 0 Å². The Morgan fingerprint density at radius 3 is 2.26 bits per heavy atom. The van der Waals surface area contributed by atoms with Gasteiger partial charge in [-0.3, -0.25) is 4.79 Å². The van der Waals surface area contributed by atoms with Crippen molar-refractivity contribution in [3.8, 4) is 5.75 Å². The van der Waals surface area contributed by atoms with E-state index in [1.807, 2.05) is 50.5 Å². The molecule has 0 radical (unpaired) electrons. The van der Waals surface area contributed by atoms with Crippen LogP contribution in [0.5, 0.6) is 5.75 Å². The Hall–Kier alpha value is -3.31. The lowest BCUT2D eigenvalue weighted by Crippen LogP contribution is -2.37. The third-order valence-corrected chi connectivity index (χ3v) is 11.0. The molecule has 1 atom stereocenters. The van der Waals surface area contributed by atoms with E-state index in [-0.39, 0.29) is 49.0 Å². The summed E-state index contributed by atoms with van der Waals surface area (Å²) in [5.41, 5.74) is 3.07. The number of hydrogen-bond acceptors (Lipinski definition) is 6. The Morgan fingerprint density at radius 1 is 0.978 bits per heavy atom. The molecule has 4 rings (SSSR count). The minimum absolute atomic E-state index is 0.0743. The summed E-state index contributed by atoms with van der Waals surface area (Å²) < 4.78 is 54.2. The molecule has 0 heterocycles. The predicted molar refractivity (Wildman–Crippen MR) is 179 cm³/mol. The fourth-order valence-corrected chi connectivity index (χ4v) is 8.49. The number of carbonyl (C=O) groups excluding carboxylic acids is 1. The van der Waals surface area contributed by atoms with Crippen molar-refractivity contribution in [2.24, 2.45) is 11.8 Å². The number of aryl methyl sites for hydroxylation is 2. The van der Waals surface area contributed by atoms with E-state index in [2.05, 4.69) is 10.2 Å². The number of carbonyl (C=O) groups is 1. The normalized spacial score (nSPS) is 17.7. The summed E-state index contributed by atoms with van der Waals surface area (Å²) in [4.78, 5) is 15.1. The van der Waals surface area contributed by atoms with Gasteiger partial charge >= 0.3 is 0 Å². The van der Waals surface area contributed by atoms with Gasteiger partial charge in [-0.2, -0.15) is 4.31 Å². The average Bonchev–Trinajstić information content (AvgIpc) is 3.02. The average molecular weight is 654 g/mol. The smallest absolute Gasteiger partial charge is 0.246 e. The Morgan fingerprint density at radius 2 is 1.65 bits per heavy atom. The molecule has 1 aliphatic carbocycles. The lowest BCUT2D eigenvalue weighted by Gasteiger charge is -2.37. The molecule has 1 fully saturated rings. The van der Waals surface area contributed by atoms with Crippen LogP contribution in [0.1, 0.15) is 54.0 Å². The molecule has 0 aliphatic heterocycles. The van der Waals surface area contributed by atoms with Crippen LogP contribution < -0.4 is 10.1 Å². The molecule has 1 N–H and O–H groups in total. The molecule has 1 unspecified atom stereocenters. The van der Waals surface area contributed by atoms with Crippen molar-refractivity contribution in [3.05, 3.63) is 94.8 Å². The summed E-state index contributed by atoms with van der Waals surface area (Å²) >= 11 is 0. The van der Waals surface area contributed by atoms with Crippen LogP contribution in [0.3, 0.4) is 0 Å². The van der Waals surface area contributed by atoms with E-state index in [1.165, 1.54) is 10.4 Å². The minimum Gasteiger partial charge on any atom is -0.497 e. The first kappa shape index (κ1) is 35.5. The summed E-state index contributed by atoms with van der Waals surface area (Å²) in [7, 11) is 1.77. The van der Waals surface area contributed by atoms with Gasteiger partial charge in [-0.05, 0) is 112 Å². The molecule has 1 amide bonds. The van der Waals surface area contributed by atoms with E-state index >= 15 is 0 Å². The Bertz CT molecular complexity index is 1520. The molecule has 3 aromatic carbocycles. The molecule has 1 saturated carbocycles. The first-order chi connectivity index (χ1) is 22.0. The number of sulfonamides is 1. The second-order valence-corrected chi connectivity index (χ2v) is 14.4. The van der Waals surface area contributed by atoms with Crippen molar-refractivity contribution in [3.63, 3.8) is 0 Å². The topological polar surface area (TPSA) is 88.2 Å². The maximum absolute atomic E-state index is 13.9. The molecule has 0 aromatic heterocycles. The number of ether oxygens (including phenoxy) is 2. The Labute approximate surface area is 273 Å². The summed E-state index contributed by atoms with van der Waals surface area (Å²) in [5, 5.41) is 3.00. The van der Waals surface area contributed by atoms with E-state index in [9.17, 15) is 17.6 Å². The number of methoxy groups -OCH3 is 1. The standard InChI is InChI=1S/C36H48FN3O5S/c1-26-20-33(44-5)21-27(2)36(26)46(42,43)40(24-29-10-7-6-8-11-29)18-19-45-25-34(41)38-23-28-14-16-30(17-15-28)35(39(3)4)31-12-9-13-32(37)22-31/h6-13,20-22,28,30,35H,14-19,23-25H2,1-5H3,(H,38,41). The number of hydrogen-bond donors (Lipinski definition) is 1. The van der Waals surface area contributed by atoms with E-state index in [4.69, 9.17) is 9.47 Å². The quantitative estimate of drug-likeness (QED) is 0.206. The lowest BCUT2D eigenvalue weighted by molar-refractivity contribution is -0.126. The molecular weight excluding hydrogens is 605 g/mol. The monoisotopic (exact) mass is 653 g/mol. The van der Waals surface area contributed by atoms with Crippen molar-refractivity contribution in [1.29, 1.82) is 0 Å². The van der Waals surface area contributed by atoms with E-state index in [0.717, 1.165) is 36.8 Å². The number of rotatable bonds is 15. The van der Waals surface area contributed by atoms with Crippen molar-refractivity contribution in [2.75, 3.05) is 47.5 Å². The predicted octanol–water partition coefficient (Wildman–Crippen LogP) is 5.88. The molecule has 0 saturated heterocycles. The van der Waals surface area contributed by atoms with Gasteiger partial charge in [0.2, 0.25) is 15.9 Å². The zero-order valence-corrected chi connectivity index (χ0v) is 28.5. The second kappa shape index (κ2) is 16.5. The summed E-state index contributed by atoms with van der Waals surface area (Å²) in [6.45, 7) is 4.31. The summed E-state index contributed by atoms with van der Waals surface area (Å²) in [6.07, 6.45) is 3.99. The lowest BCUT2D eigenvalue weighted by atomic mass is 9.76. The molecule has 0 spiro atoms. The Balaban J connectivity index is 1.28. The van der Waals surface area contributed by atoms with Gasteiger partial charge in [0.05, 0.1) is 18.6 Å². The number of amides is 1. The van der Waals surface area contributed by atoms with Crippen LogP contribution in [-0.4, -0.2) is 71.0 Å². The first-order valence-corrected chi connectivity index (χ1v) is 17.4. The maximum Gasteiger partial charge on any atom is 0.246 e. The van der Waals surface area contributed by atoms with Crippen molar-refractivity contribution in [2.45, 2.75) is 57.0 Å². The van der Waals surface area contributed by atoms with Crippen molar-refractivity contribution in [1.82, 2.24) is 14.5 Å². The maximum atomic E-state index is 13.9. The molecule has 250 valence electrons. The highest BCUT2D eigenvalue weighted by atomic mass is 32.2. The van der Waals surface area contributed by atoms with Gasteiger partial charge in [0.1, 0.15) is 18.2 Å². The fourth-order valence-electron chi connectivity index (χ4n) is 6.67. The highest BCUT2D eigenvalue weighted by Crippen LogP contribution is 2.39. The van der Waals surface area contributed by atoms with Crippen LogP contribution in [0.2, 0.25) is 0 Å². The van der Waals surface area contributed by atoms with Crippen molar-refractivity contribution >= 4 is 15.9 Å². The third-order valence-electron chi connectivity index (χ3n) is 8.86. The number of nitrogens with one attached hydrogen (secondary N) is 1. The fraction of sp³-hybridized carbons (Fsp3) is 0.472. The van der Waals surface area contributed by atoms with E-state index in [0.29, 0.717) is 35.3 Å². The minimum atomic E-state index is -3.87. The van der Waals surface area contributed by atoms with Crippen LogP contribution in [0.4, 0.5) is 4.39 Å². The molecule has 1 aliphatic rings. The van der Waals surface area contributed by atoms with Crippen LogP contribution in [0.15, 0.2) is 71.6 Å². The second-order valence-electron chi connectivity index (χ2n) is 12.5. The first-order valence-electron chi connectivity index (χ1n) is 15.9. The molecule has 0 bridgehead atoms. The van der Waals surface area contributed by atoms with Gasteiger partial charge in [-0.25, -0.2) is 12.8 Å². The highest BCUT2D eigenvalue weighted by molar-refractivity contribution is 7.89. The van der Waals surface area contributed by atoms with Gasteiger partial charge in [0.15, 0.2) is 0 Å². The Kier molecular flexibility index (Phi) is 12.7. The zero-order chi connectivity index (χ0) is 33.3. The molecule has 3 aromatic rings. The summed E-state index contributed by atoms with van der Waals surface area (Å²) in [6, 6.07) is 19.9. The van der Waals surface area contributed by atoms with Crippen LogP contribution in [-0.2, 0) is 26.1 Å². The molecule has 10 heteroatoms. The molecular formula is C36H48FN3O5S. The van der Waals surface area contributed by atoms with Gasteiger partial charge in [0, 0.05) is 25.7 Å². The number of halogens is 1. The number of nitrogens with zero attached hydrogens (tertiary/aromatic N) is 2. The zero-order valence-electron chi connectivity index (χ0n) is 27.7. The van der Waals surface area contributed by atoms with Crippen molar-refractivity contribution < 1.29 is 27.1 Å². The van der Waals surface area contributed by atoms with Crippen LogP contribution >= 0.6 is 0 Å². The van der Waals surface area contributed by atoms with Gasteiger partial charge in [-0.15, -0.1) is 0 Å². The van der Waals surface area contributed by atoms with Gasteiger partial charge < -0.3 is 19.7 Å². The van der Waals surface area contributed by atoms with E-state index < -0.39 is 10.0 Å². The molecule has 8 nitrogen and oxygen atoms in total. The van der Waals surface area contributed by atoms with Crippen LogP contribution in [0, 0.1) is 31.5 Å².